The van der Waals surface area contributed by atoms with E-state index >= 15 is 0 Å². The van der Waals surface area contributed by atoms with Crippen molar-refractivity contribution in [2.24, 2.45) is 7.05 Å². The van der Waals surface area contributed by atoms with Crippen LogP contribution in [0.3, 0.4) is 0 Å². The van der Waals surface area contributed by atoms with Gasteiger partial charge >= 0.3 is 0 Å². The lowest BCUT2D eigenvalue weighted by Crippen LogP contribution is -2.26. The molecule has 0 aliphatic heterocycles. The molecule has 0 bridgehead atoms. The van der Waals surface area contributed by atoms with Gasteiger partial charge in [0.1, 0.15) is 4.90 Å². The van der Waals surface area contributed by atoms with Gasteiger partial charge in [-0.05, 0) is 6.92 Å². The van der Waals surface area contributed by atoms with E-state index in [1.54, 1.807) is 14.0 Å². The predicted octanol–water partition coefficient (Wildman–Crippen LogP) is 0.342. The quantitative estimate of drug-likeness (QED) is 0.821. The number of aryl methyl sites for hydroxylation is 1. The second-order valence-electron chi connectivity index (χ2n) is 3.27. The smallest absolute Gasteiger partial charge is 0.246 e. The normalized spacial score (nSPS) is 11.7. The van der Waals surface area contributed by atoms with Gasteiger partial charge in [-0.25, -0.2) is 13.1 Å². The Morgan fingerprint density at radius 1 is 1.69 bits per heavy atom. The predicted molar refractivity (Wildman–Crippen MR) is 62.5 cm³/mol. The Hall–Kier alpha value is -1.05. The highest BCUT2D eigenvalue weighted by Crippen LogP contribution is 2.20. The van der Waals surface area contributed by atoms with Crippen molar-refractivity contribution in [3.63, 3.8) is 0 Å². The number of rotatable bonds is 4. The molecule has 0 spiro atoms. The molecule has 0 saturated heterocycles. The summed E-state index contributed by atoms with van der Waals surface area (Å²) in [6.07, 6.45) is 0. The van der Waals surface area contributed by atoms with Crippen LogP contribution in [0.15, 0.2) is 16.5 Å². The molecule has 0 unspecified atom stereocenters. The number of nitrogens with one attached hydrogen (secondary N) is 1. The molecule has 0 aromatic carbocycles. The summed E-state index contributed by atoms with van der Waals surface area (Å²) in [5.41, 5.74) is 5.99. The summed E-state index contributed by atoms with van der Waals surface area (Å²) in [6.45, 7) is 4.96. The first-order valence-electron chi connectivity index (χ1n) is 4.37. The Labute approximate surface area is 99.1 Å². The fraction of sp³-hybridized carbons (Fsp3) is 0.375. The molecule has 0 saturated carbocycles. The van der Waals surface area contributed by atoms with Gasteiger partial charge in [0.05, 0.1) is 5.69 Å². The first-order valence-corrected chi connectivity index (χ1v) is 6.24. The molecule has 0 amide bonds. The molecule has 3 N–H and O–H groups in total. The zero-order valence-corrected chi connectivity index (χ0v) is 10.6. The van der Waals surface area contributed by atoms with Crippen LogP contribution in [0, 0.1) is 6.92 Å². The Balaban J connectivity index is 3.12. The van der Waals surface area contributed by atoms with Gasteiger partial charge in [-0.3, -0.25) is 4.68 Å². The number of halogens is 1. The van der Waals surface area contributed by atoms with E-state index in [1.807, 2.05) is 0 Å². The molecule has 0 atom stereocenters. The molecule has 1 aromatic heterocycles. The maximum atomic E-state index is 11.8. The molecule has 8 heteroatoms. The van der Waals surface area contributed by atoms with Crippen LogP contribution in [0.25, 0.3) is 0 Å². The number of hydrogen-bond donors (Lipinski definition) is 2. The van der Waals surface area contributed by atoms with Crippen LogP contribution in [0.1, 0.15) is 5.69 Å². The van der Waals surface area contributed by atoms with Crippen molar-refractivity contribution in [1.29, 1.82) is 0 Å². The SMILES string of the molecule is C=C(Cl)CNS(=O)(=O)c1c(N)nn(C)c1C. The van der Waals surface area contributed by atoms with E-state index in [0.717, 1.165) is 0 Å². The highest BCUT2D eigenvalue weighted by Gasteiger charge is 2.24. The summed E-state index contributed by atoms with van der Waals surface area (Å²) < 4.78 is 27.4. The third-order valence-corrected chi connectivity index (χ3v) is 3.73. The van der Waals surface area contributed by atoms with E-state index in [1.165, 1.54) is 4.68 Å². The van der Waals surface area contributed by atoms with E-state index in [4.69, 9.17) is 17.3 Å². The maximum Gasteiger partial charge on any atom is 0.246 e. The van der Waals surface area contributed by atoms with Crippen LogP contribution in [0.2, 0.25) is 0 Å². The van der Waals surface area contributed by atoms with Gasteiger partial charge in [0.2, 0.25) is 10.0 Å². The van der Waals surface area contributed by atoms with Gasteiger partial charge in [0.15, 0.2) is 5.82 Å². The molecule has 0 fully saturated rings. The minimum absolute atomic E-state index is 0.0204. The number of aromatic nitrogens is 2. The summed E-state index contributed by atoms with van der Waals surface area (Å²) in [7, 11) is -2.08. The van der Waals surface area contributed by atoms with Crippen molar-refractivity contribution in [1.82, 2.24) is 14.5 Å². The van der Waals surface area contributed by atoms with Gasteiger partial charge < -0.3 is 5.73 Å². The van der Waals surface area contributed by atoms with Crippen molar-refractivity contribution >= 4 is 27.4 Å². The highest BCUT2D eigenvalue weighted by molar-refractivity contribution is 7.89. The van der Waals surface area contributed by atoms with Gasteiger partial charge in [-0.2, -0.15) is 5.10 Å². The molecular formula is C8H13ClN4O2S. The van der Waals surface area contributed by atoms with Crippen molar-refractivity contribution in [2.45, 2.75) is 11.8 Å². The fourth-order valence-electron chi connectivity index (χ4n) is 1.19. The van der Waals surface area contributed by atoms with Crippen molar-refractivity contribution in [2.75, 3.05) is 12.3 Å². The molecule has 0 aliphatic rings. The summed E-state index contributed by atoms with van der Waals surface area (Å²) >= 11 is 5.48. The molecule has 0 aliphatic carbocycles. The summed E-state index contributed by atoms with van der Waals surface area (Å²) in [5, 5.41) is 4.02. The maximum absolute atomic E-state index is 11.8. The monoisotopic (exact) mass is 264 g/mol. The number of nitrogens with zero attached hydrogens (tertiary/aromatic N) is 2. The summed E-state index contributed by atoms with van der Waals surface area (Å²) in [4.78, 5) is -0.0204. The van der Waals surface area contributed by atoms with E-state index in [-0.39, 0.29) is 22.3 Å². The average molecular weight is 265 g/mol. The zero-order chi connectivity index (χ0) is 12.5. The van der Waals surface area contributed by atoms with Crippen molar-refractivity contribution in [3.05, 3.63) is 17.3 Å². The second kappa shape index (κ2) is 4.44. The van der Waals surface area contributed by atoms with Gasteiger partial charge in [-0.1, -0.05) is 18.2 Å². The molecule has 1 heterocycles. The Bertz CT molecular complexity index is 520. The second-order valence-corrected chi connectivity index (χ2v) is 5.50. The summed E-state index contributed by atoms with van der Waals surface area (Å²) in [5.74, 6) is -0.0346. The number of sulfonamides is 1. The number of anilines is 1. The van der Waals surface area contributed by atoms with Gasteiger partial charge in [0, 0.05) is 18.6 Å². The van der Waals surface area contributed by atoms with E-state index in [2.05, 4.69) is 16.4 Å². The number of nitrogens with two attached hydrogens (primary N) is 1. The Kier molecular flexibility index (Phi) is 3.61. The minimum Gasteiger partial charge on any atom is -0.381 e. The lowest BCUT2D eigenvalue weighted by molar-refractivity contribution is 0.584. The molecule has 1 rings (SSSR count). The fourth-order valence-corrected chi connectivity index (χ4v) is 2.68. The lowest BCUT2D eigenvalue weighted by Gasteiger charge is -2.05. The average Bonchev–Trinajstić information content (AvgIpc) is 2.38. The molecule has 90 valence electrons. The van der Waals surface area contributed by atoms with Gasteiger partial charge in [-0.15, -0.1) is 0 Å². The molecule has 0 radical (unpaired) electrons. The Morgan fingerprint density at radius 2 is 2.25 bits per heavy atom. The largest absolute Gasteiger partial charge is 0.381 e. The minimum atomic E-state index is -3.70. The van der Waals surface area contributed by atoms with Gasteiger partial charge in [0.25, 0.3) is 0 Å². The van der Waals surface area contributed by atoms with E-state index < -0.39 is 10.0 Å². The standard InChI is InChI=1S/C8H13ClN4O2S/c1-5(9)4-11-16(14,15)7-6(2)13(3)12-8(7)10/h11H,1,4H2,2-3H3,(H2,10,12). The van der Waals surface area contributed by atoms with E-state index in [0.29, 0.717) is 5.69 Å². The van der Waals surface area contributed by atoms with Crippen molar-refractivity contribution < 1.29 is 8.42 Å². The number of hydrogen-bond acceptors (Lipinski definition) is 4. The third-order valence-electron chi connectivity index (χ3n) is 2.03. The van der Waals surface area contributed by atoms with Crippen LogP contribution in [-0.4, -0.2) is 24.7 Å². The third kappa shape index (κ3) is 2.55. The van der Waals surface area contributed by atoms with Crippen LogP contribution in [-0.2, 0) is 17.1 Å². The van der Waals surface area contributed by atoms with Crippen LogP contribution in [0.5, 0.6) is 0 Å². The Morgan fingerprint density at radius 3 is 2.62 bits per heavy atom. The lowest BCUT2D eigenvalue weighted by atomic mass is 10.5. The summed E-state index contributed by atoms with van der Waals surface area (Å²) in [6, 6.07) is 0. The van der Waals surface area contributed by atoms with Crippen molar-refractivity contribution in [3.8, 4) is 0 Å². The van der Waals surface area contributed by atoms with Crippen LogP contribution < -0.4 is 10.5 Å². The highest BCUT2D eigenvalue weighted by atomic mass is 35.5. The zero-order valence-electron chi connectivity index (χ0n) is 8.99. The molecular weight excluding hydrogens is 252 g/mol. The van der Waals surface area contributed by atoms with Crippen LogP contribution in [0.4, 0.5) is 5.82 Å². The van der Waals surface area contributed by atoms with Crippen LogP contribution >= 0.6 is 11.6 Å². The first-order chi connectivity index (χ1) is 7.25. The molecule has 16 heavy (non-hydrogen) atoms. The molecule has 6 nitrogen and oxygen atoms in total. The molecule has 1 aromatic rings. The van der Waals surface area contributed by atoms with E-state index in [9.17, 15) is 8.42 Å². The first kappa shape index (κ1) is 13.0. The number of nitrogen functional groups attached to an aromatic ring is 1. The topological polar surface area (TPSA) is 90.0 Å².